The van der Waals surface area contributed by atoms with Gasteiger partial charge in [-0.2, -0.15) is 0 Å². The molecule has 4 amide bonds. The molecule has 3 aliphatic rings. The summed E-state index contributed by atoms with van der Waals surface area (Å²) in [6.45, 7) is 0.119. The van der Waals surface area contributed by atoms with Crippen LogP contribution in [-0.4, -0.2) is 77.5 Å². The highest BCUT2D eigenvalue weighted by Gasteiger charge is 2.75. The van der Waals surface area contributed by atoms with Gasteiger partial charge in [0.05, 0.1) is 18.6 Å². The molecular weight excluding hydrogens is 516 g/mol. The molecule has 208 valence electrons. The number of aromatic nitrogens is 1. The van der Waals surface area contributed by atoms with Gasteiger partial charge < -0.3 is 31.0 Å². The first kappa shape index (κ1) is 26.6. The molecule has 39 heavy (non-hydrogen) atoms. The van der Waals surface area contributed by atoms with Crippen LogP contribution in [0, 0.1) is 11.3 Å². The molecule has 4 unspecified atom stereocenters. The number of nitrogens with two attached hydrogens (primary N) is 1. The highest BCUT2D eigenvalue weighted by Crippen LogP contribution is 2.66. The predicted octanol–water partition coefficient (Wildman–Crippen LogP) is 0.872. The van der Waals surface area contributed by atoms with E-state index >= 15 is 0 Å². The number of rotatable bonds is 8. The van der Waals surface area contributed by atoms with Crippen LogP contribution in [0.1, 0.15) is 42.6 Å². The summed E-state index contributed by atoms with van der Waals surface area (Å²) in [6.07, 6.45) is 0.128. The Hall–Kier alpha value is -4.03. The monoisotopic (exact) mass is 545 g/mol. The summed E-state index contributed by atoms with van der Waals surface area (Å²) >= 11 is 0. The summed E-state index contributed by atoms with van der Waals surface area (Å²) in [7, 11) is 1.48. The molecule has 1 aliphatic carbocycles. The van der Waals surface area contributed by atoms with Gasteiger partial charge in [0, 0.05) is 36.3 Å². The number of hydrogen-bond donors (Lipinski definition) is 4. The van der Waals surface area contributed by atoms with Crippen LogP contribution >= 0.6 is 0 Å². The first-order chi connectivity index (χ1) is 18.5. The van der Waals surface area contributed by atoms with Crippen LogP contribution in [0.5, 0.6) is 5.75 Å². The first-order valence-electron chi connectivity index (χ1n) is 12.7. The van der Waals surface area contributed by atoms with Crippen LogP contribution in [-0.2, 0) is 19.2 Å². The molecule has 2 aliphatic heterocycles. The SMILES string of the molecule is COc1cccc2[nH]c(C(=O)N3CC4(CC3C(=O)NC(CC3CCCNC3=O)C(=O)C(N)=O)CC4(F)F)cc12. The van der Waals surface area contributed by atoms with Gasteiger partial charge in [-0.1, -0.05) is 6.07 Å². The molecule has 1 aromatic carbocycles. The van der Waals surface area contributed by atoms with Gasteiger partial charge >= 0.3 is 0 Å². The van der Waals surface area contributed by atoms with E-state index in [0.717, 1.165) is 4.90 Å². The number of nitrogens with one attached hydrogen (secondary N) is 3. The number of H-pyrrole nitrogens is 1. The second kappa shape index (κ2) is 9.62. The van der Waals surface area contributed by atoms with E-state index in [1.165, 1.54) is 13.2 Å². The van der Waals surface area contributed by atoms with E-state index < -0.39 is 59.3 Å². The molecule has 4 atom stereocenters. The number of hydrogen-bond acceptors (Lipinski definition) is 6. The molecular formula is C26H29F2N5O6. The van der Waals surface area contributed by atoms with Crippen LogP contribution in [0.3, 0.4) is 0 Å². The molecule has 5 rings (SSSR count). The van der Waals surface area contributed by atoms with Crippen LogP contribution in [0.2, 0.25) is 0 Å². The third-order valence-corrected chi connectivity index (χ3v) is 8.08. The Morgan fingerprint density at radius 3 is 2.67 bits per heavy atom. The highest BCUT2D eigenvalue weighted by molar-refractivity contribution is 6.38. The number of nitrogens with zero attached hydrogens (tertiary/aromatic N) is 1. The van der Waals surface area contributed by atoms with E-state index in [1.807, 2.05) is 0 Å². The van der Waals surface area contributed by atoms with Crippen molar-refractivity contribution in [2.45, 2.75) is 50.1 Å². The van der Waals surface area contributed by atoms with Crippen molar-refractivity contribution in [2.75, 3.05) is 20.2 Å². The quantitative estimate of drug-likeness (QED) is 0.360. The van der Waals surface area contributed by atoms with E-state index in [4.69, 9.17) is 10.5 Å². The Kier molecular flexibility index (Phi) is 6.55. The first-order valence-corrected chi connectivity index (χ1v) is 12.7. The number of benzene rings is 1. The molecule has 1 spiro atoms. The molecule has 0 radical (unpaired) electrons. The number of Topliss-reactive ketones (excluding diaryl/α,β-unsaturated/α-hetero) is 1. The number of likely N-dealkylation sites (tertiary alicyclic amines) is 1. The minimum absolute atomic E-state index is 0.0805. The molecule has 11 nitrogen and oxygen atoms in total. The normalized spacial score (nSPS) is 26.2. The number of ether oxygens (including phenoxy) is 1. The van der Waals surface area contributed by atoms with Crippen molar-refractivity contribution in [3.05, 3.63) is 30.0 Å². The molecule has 2 saturated heterocycles. The average Bonchev–Trinajstić information content (AvgIpc) is 3.25. The Bertz CT molecular complexity index is 1380. The van der Waals surface area contributed by atoms with Gasteiger partial charge in [0.1, 0.15) is 17.5 Å². The van der Waals surface area contributed by atoms with Crippen molar-refractivity contribution in [2.24, 2.45) is 17.1 Å². The van der Waals surface area contributed by atoms with Crippen LogP contribution in [0.15, 0.2) is 24.3 Å². The van der Waals surface area contributed by atoms with Gasteiger partial charge in [0.2, 0.25) is 17.6 Å². The van der Waals surface area contributed by atoms with Crippen LogP contribution in [0.4, 0.5) is 8.78 Å². The van der Waals surface area contributed by atoms with E-state index in [2.05, 4.69) is 15.6 Å². The molecule has 0 bridgehead atoms. The second-order valence-corrected chi connectivity index (χ2v) is 10.6. The van der Waals surface area contributed by atoms with Crippen molar-refractivity contribution >= 4 is 40.3 Å². The molecule has 1 saturated carbocycles. The summed E-state index contributed by atoms with van der Waals surface area (Å²) in [5.74, 6) is -7.45. The lowest BCUT2D eigenvalue weighted by atomic mass is 9.89. The number of alkyl halides is 2. The molecule has 1 aromatic heterocycles. The van der Waals surface area contributed by atoms with Gasteiger partial charge in [-0.05, 0) is 43.9 Å². The number of amides is 4. The summed E-state index contributed by atoms with van der Waals surface area (Å²) < 4.78 is 34.2. The number of methoxy groups -OCH3 is 1. The fourth-order valence-corrected chi connectivity index (χ4v) is 5.79. The Morgan fingerprint density at radius 2 is 2.03 bits per heavy atom. The van der Waals surface area contributed by atoms with Crippen molar-refractivity contribution in [1.82, 2.24) is 20.5 Å². The number of carbonyl (C=O) groups is 5. The van der Waals surface area contributed by atoms with E-state index in [-0.39, 0.29) is 31.0 Å². The summed E-state index contributed by atoms with van der Waals surface area (Å²) in [5, 5.41) is 5.72. The van der Waals surface area contributed by atoms with Gasteiger partial charge in [-0.3, -0.25) is 24.0 Å². The second-order valence-electron chi connectivity index (χ2n) is 10.6. The highest BCUT2D eigenvalue weighted by atomic mass is 19.3. The zero-order valence-electron chi connectivity index (χ0n) is 21.2. The summed E-state index contributed by atoms with van der Waals surface area (Å²) in [6, 6.07) is 3.92. The third-order valence-electron chi connectivity index (χ3n) is 8.08. The standard InChI is InChI=1S/C26H29F2N5O6/c1-39-19-6-2-5-15-14(19)9-17(31-15)24(38)33-12-25(11-26(25,27)28)10-18(33)23(37)32-16(20(34)21(29)35)8-13-4-3-7-30-22(13)36/h2,5-6,9,13,16,18,31H,3-4,7-8,10-12H2,1H3,(H2,29,35)(H,30,36)(H,32,37). The lowest BCUT2D eigenvalue weighted by Crippen LogP contribution is -2.54. The predicted molar refractivity (Wildman–Crippen MR) is 133 cm³/mol. The minimum Gasteiger partial charge on any atom is -0.496 e. The number of halogens is 2. The smallest absolute Gasteiger partial charge is 0.287 e. The topological polar surface area (TPSA) is 164 Å². The fraction of sp³-hybridized carbons (Fsp3) is 0.500. The van der Waals surface area contributed by atoms with Crippen LogP contribution < -0.4 is 21.1 Å². The largest absolute Gasteiger partial charge is 0.496 e. The Labute approximate surface area is 221 Å². The Balaban J connectivity index is 1.41. The van der Waals surface area contributed by atoms with E-state index in [1.54, 1.807) is 18.2 Å². The molecule has 3 heterocycles. The van der Waals surface area contributed by atoms with Crippen LogP contribution in [0.25, 0.3) is 10.9 Å². The lowest BCUT2D eigenvalue weighted by molar-refractivity contribution is -0.139. The zero-order chi connectivity index (χ0) is 28.1. The summed E-state index contributed by atoms with van der Waals surface area (Å²) in [5.41, 5.74) is 4.30. The minimum atomic E-state index is -3.05. The summed E-state index contributed by atoms with van der Waals surface area (Å²) in [4.78, 5) is 67.6. The Morgan fingerprint density at radius 1 is 1.28 bits per heavy atom. The van der Waals surface area contributed by atoms with Crippen molar-refractivity contribution in [3.63, 3.8) is 0 Å². The maximum atomic E-state index is 14.4. The zero-order valence-corrected chi connectivity index (χ0v) is 21.2. The fourth-order valence-electron chi connectivity index (χ4n) is 5.79. The molecule has 13 heteroatoms. The number of ketones is 1. The van der Waals surface area contributed by atoms with E-state index in [0.29, 0.717) is 36.0 Å². The maximum absolute atomic E-state index is 14.4. The molecule has 3 fully saturated rings. The van der Waals surface area contributed by atoms with Gasteiger partial charge in [-0.15, -0.1) is 0 Å². The van der Waals surface area contributed by atoms with Gasteiger partial charge in [0.25, 0.3) is 17.7 Å². The van der Waals surface area contributed by atoms with E-state index in [9.17, 15) is 32.8 Å². The lowest BCUT2D eigenvalue weighted by Gasteiger charge is -2.28. The number of fused-ring (bicyclic) bond motifs is 1. The van der Waals surface area contributed by atoms with Crippen molar-refractivity contribution in [3.8, 4) is 5.75 Å². The molecule has 5 N–H and O–H groups in total. The number of piperidine rings is 1. The van der Waals surface area contributed by atoms with Crippen molar-refractivity contribution < 1.29 is 37.5 Å². The average molecular weight is 546 g/mol. The third kappa shape index (κ3) is 4.70. The van der Waals surface area contributed by atoms with Crippen molar-refractivity contribution in [1.29, 1.82) is 0 Å². The number of aromatic amines is 1. The van der Waals surface area contributed by atoms with Gasteiger partial charge in [0.15, 0.2) is 0 Å². The number of primary amides is 1. The molecule has 2 aromatic rings. The number of carbonyl (C=O) groups excluding carboxylic acids is 5. The maximum Gasteiger partial charge on any atom is 0.287 e. The van der Waals surface area contributed by atoms with Gasteiger partial charge in [-0.25, -0.2) is 8.78 Å².